The first-order chi connectivity index (χ1) is 12.0. The highest BCUT2D eigenvalue weighted by atomic mass is 16.5. The smallest absolute Gasteiger partial charge is 0.246 e. The van der Waals surface area contributed by atoms with Gasteiger partial charge in [0.05, 0.1) is 12.1 Å². The van der Waals surface area contributed by atoms with Crippen LogP contribution in [0.3, 0.4) is 0 Å². The molecule has 25 heavy (non-hydrogen) atoms. The van der Waals surface area contributed by atoms with Crippen molar-refractivity contribution in [1.82, 2.24) is 10.6 Å². The van der Waals surface area contributed by atoms with Crippen molar-refractivity contribution in [3.05, 3.63) is 35.9 Å². The number of hydrogen-bond donors (Lipinski definition) is 3. The highest BCUT2D eigenvalue weighted by molar-refractivity contribution is 5.77. The molecule has 1 aromatic rings. The van der Waals surface area contributed by atoms with Gasteiger partial charge < -0.3 is 20.5 Å². The molecule has 1 aromatic carbocycles. The van der Waals surface area contributed by atoms with Gasteiger partial charge >= 0.3 is 0 Å². The molecular formula is C19H28N2O4. The second kappa shape index (κ2) is 8.97. The van der Waals surface area contributed by atoms with Crippen molar-refractivity contribution in [2.24, 2.45) is 0 Å². The van der Waals surface area contributed by atoms with Gasteiger partial charge in [-0.15, -0.1) is 0 Å². The fourth-order valence-corrected chi connectivity index (χ4v) is 3.61. The Morgan fingerprint density at radius 2 is 1.92 bits per heavy atom. The average molecular weight is 348 g/mol. The molecule has 0 radical (unpaired) electrons. The summed E-state index contributed by atoms with van der Waals surface area (Å²) in [6, 6.07) is 9.81. The maximum absolute atomic E-state index is 11.9. The number of aliphatic hydroxyl groups is 1. The minimum absolute atomic E-state index is 0.0298. The molecule has 0 bridgehead atoms. The van der Waals surface area contributed by atoms with Crippen LogP contribution in [-0.2, 0) is 19.7 Å². The van der Waals surface area contributed by atoms with Gasteiger partial charge in [0.25, 0.3) is 0 Å². The Hall–Kier alpha value is -1.92. The number of aliphatic hydroxyl groups excluding tert-OH is 1. The van der Waals surface area contributed by atoms with E-state index in [0.717, 1.165) is 18.4 Å². The topological polar surface area (TPSA) is 87.7 Å². The zero-order chi connectivity index (χ0) is 18.3. The zero-order valence-electron chi connectivity index (χ0n) is 15.0. The fourth-order valence-electron chi connectivity index (χ4n) is 3.61. The minimum Gasteiger partial charge on any atom is -0.391 e. The van der Waals surface area contributed by atoms with Gasteiger partial charge in [-0.2, -0.15) is 0 Å². The molecule has 1 saturated carbocycles. The van der Waals surface area contributed by atoms with Crippen molar-refractivity contribution in [1.29, 1.82) is 0 Å². The Balaban J connectivity index is 2.20. The van der Waals surface area contributed by atoms with Crippen LogP contribution in [0.1, 0.15) is 38.2 Å². The van der Waals surface area contributed by atoms with Gasteiger partial charge in [-0.25, -0.2) is 0 Å². The maximum atomic E-state index is 11.9. The third-order valence-corrected chi connectivity index (χ3v) is 4.99. The number of carbonyl (C=O) groups excluding carboxylic acids is 2. The standard InChI is InChI=1S/C19H28N2O4/c1-14(22)21-16-8-10-19(11-9-17(16)23,13-20-18(24)12-25-2)15-6-4-3-5-7-15/h3-7,16-17,23H,8-13H2,1-2H3,(H,20,24)(H,21,22)/t16-,17-,19-/m0/s1. The Morgan fingerprint density at radius 1 is 1.24 bits per heavy atom. The Labute approximate surface area is 149 Å². The molecule has 0 aliphatic heterocycles. The lowest BCUT2D eigenvalue weighted by atomic mass is 9.74. The monoisotopic (exact) mass is 348 g/mol. The molecule has 0 aromatic heterocycles. The maximum Gasteiger partial charge on any atom is 0.246 e. The van der Waals surface area contributed by atoms with Crippen LogP contribution in [0.5, 0.6) is 0 Å². The van der Waals surface area contributed by atoms with Crippen LogP contribution in [0.25, 0.3) is 0 Å². The number of benzene rings is 1. The van der Waals surface area contributed by atoms with Crippen LogP contribution in [0.4, 0.5) is 0 Å². The van der Waals surface area contributed by atoms with E-state index in [1.165, 1.54) is 14.0 Å². The summed E-state index contributed by atoms with van der Waals surface area (Å²) < 4.78 is 4.89. The van der Waals surface area contributed by atoms with E-state index in [9.17, 15) is 14.7 Å². The van der Waals surface area contributed by atoms with Crippen molar-refractivity contribution in [2.45, 2.75) is 50.2 Å². The lowest BCUT2D eigenvalue weighted by molar-refractivity contribution is -0.125. The van der Waals surface area contributed by atoms with E-state index >= 15 is 0 Å². The number of rotatable bonds is 6. The first kappa shape index (κ1) is 19.4. The molecule has 1 fully saturated rings. The van der Waals surface area contributed by atoms with E-state index in [4.69, 9.17) is 4.74 Å². The second-order valence-corrected chi connectivity index (χ2v) is 6.81. The highest BCUT2D eigenvalue weighted by Crippen LogP contribution is 2.38. The number of carbonyl (C=O) groups is 2. The fraction of sp³-hybridized carbons (Fsp3) is 0.579. The first-order valence-electron chi connectivity index (χ1n) is 8.73. The van der Waals surface area contributed by atoms with E-state index in [-0.39, 0.29) is 29.9 Å². The summed E-state index contributed by atoms with van der Waals surface area (Å²) in [7, 11) is 1.49. The number of amides is 2. The SMILES string of the molecule is COCC(=O)NC[C@]1(c2ccccc2)CC[C@H](NC(C)=O)[C@@H](O)CC1. The van der Waals surface area contributed by atoms with E-state index in [1.807, 2.05) is 18.2 Å². The van der Waals surface area contributed by atoms with Gasteiger partial charge in [-0.3, -0.25) is 9.59 Å². The van der Waals surface area contributed by atoms with Crippen molar-refractivity contribution in [3.8, 4) is 0 Å². The summed E-state index contributed by atoms with van der Waals surface area (Å²) >= 11 is 0. The van der Waals surface area contributed by atoms with Crippen molar-refractivity contribution in [2.75, 3.05) is 20.3 Å². The predicted octanol–water partition coefficient (Wildman–Crippen LogP) is 1.13. The summed E-state index contributed by atoms with van der Waals surface area (Å²) in [5, 5.41) is 16.2. The molecule has 3 N–H and O–H groups in total. The van der Waals surface area contributed by atoms with Gasteiger partial charge in [0.15, 0.2) is 0 Å². The molecule has 0 saturated heterocycles. The molecular weight excluding hydrogens is 320 g/mol. The molecule has 6 nitrogen and oxygen atoms in total. The minimum atomic E-state index is -0.579. The van der Waals surface area contributed by atoms with Crippen LogP contribution >= 0.6 is 0 Å². The largest absolute Gasteiger partial charge is 0.391 e. The van der Waals surface area contributed by atoms with Crippen molar-refractivity contribution < 1.29 is 19.4 Å². The summed E-state index contributed by atoms with van der Waals surface area (Å²) in [6.07, 6.45) is 2.16. The van der Waals surface area contributed by atoms with E-state index in [2.05, 4.69) is 22.8 Å². The number of nitrogens with one attached hydrogen (secondary N) is 2. The lowest BCUT2D eigenvalue weighted by Crippen LogP contribution is -2.42. The Morgan fingerprint density at radius 3 is 2.56 bits per heavy atom. The summed E-state index contributed by atoms with van der Waals surface area (Å²) in [4.78, 5) is 23.3. The summed E-state index contributed by atoms with van der Waals surface area (Å²) in [5.41, 5.74) is 0.877. The molecule has 138 valence electrons. The third-order valence-electron chi connectivity index (χ3n) is 4.99. The van der Waals surface area contributed by atoms with Gasteiger partial charge in [0.2, 0.25) is 11.8 Å². The van der Waals surface area contributed by atoms with Gasteiger partial charge in [-0.05, 0) is 31.2 Å². The Kier molecular flexibility index (Phi) is 6.96. The van der Waals surface area contributed by atoms with Gasteiger partial charge in [-0.1, -0.05) is 30.3 Å². The van der Waals surface area contributed by atoms with Gasteiger partial charge in [0, 0.05) is 26.0 Å². The molecule has 6 heteroatoms. The van der Waals surface area contributed by atoms with Crippen molar-refractivity contribution >= 4 is 11.8 Å². The van der Waals surface area contributed by atoms with Crippen LogP contribution in [0.2, 0.25) is 0 Å². The van der Waals surface area contributed by atoms with Crippen LogP contribution in [0.15, 0.2) is 30.3 Å². The molecule has 3 atom stereocenters. The number of ether oxygens (including phenoxy) is 1. The number of methoxy groups -OCH3 is 1. The summed E-state index contributed by atoms with van der Waals surface area (Å²) in [5.74, 6) is -0.286. The molecule has 0 spiro atoms. The lowest BCUT2D eigenvalue weighted by Gasteiger charge is -2.34. The van der Waals surface area contributed by atoms with E-state index in [0.29, 0.717) is 19.4 Å². The molecule has 2 rings (SSSR count). The van der Waals surface area contributed by atoms with Crippen molar-refractivity contribution in [3.63, 3.8) is 0 Å². The quantitative estimate of drug-likeness (QED) is 0.673. The molecule has 1 aliphatic carbocycles. The van der Waals surface area contributed by atoms with Gasteiger partial charge in [0.1, 0.15) is 6.61 Å². The highest BCUT2D eigenvalue weighted by Gasteiger charge is 2.38. The first-order valence-corrected chi connectivity index (χ1v) is 8.73. The number of hydrogen-bond acceptors (Lipinski definition) is 4. The van der Waals surface area contributed by atoms with E-state index in [1.54, 1.807) is 0 Å². The molecule has 1 aliphatic rings. The normalized spacial score (nSPS) is 26.5. The second-order valence-electron chi connectivity index (χ2n) is 6.81. The predicted molar refractivity (Wildman–Crippen MR) is 95.1 cm³/mol. The summed E-state index contributed by atoms with van der Waals surface area (Å²) in [6.45, 7) is 1.98. The molecule has 0 unspecified atom stereocenters. The Bertz CT molecular complexity index is 578. The average Bonchev–Trinajstić information content (AvgIpc) is 2.75. The van der Waals surface area contributed by atoms with Crippen LogP contribution in [-0.4, -0.2) is 49.3 Å². The molecule has 0 heterocycles. The van der Waals surface area contributed by atoms with Crippen LogP contribution in [0, 0.1) is 0 Å². The molecule has 2 amide bonds. The van der Waals surface area contributed by atoms with E-state index < -0.39 is 6.10 Å². The zero-order valence-corrected chi connectivity index (χ0v) is 15.0. The third kappa shape index (κ3) is 5.28. The van der Waals surface area contributed by atoms with Crippen LogP contribution < -0.4 is 10.6 Å².